The summed E-state index contributed by atoms with van der Waals surface area (Å²) in [5.74, 6) is -1.25. The van der Waals surface area contributed by atoms with E-state index in [0.717, 1.165) is 5.56 Å². The molecule has 0 aliphatic rings. The van der Waals surface area contributed by atoms with Gasteiger partial charge in [-0.1, -0.05) is 17.7 Å². The van der Waals surface area contributed by atoms with Gasteiger partial charge in [-0.25, -0.2) is 4.79 Å². The van der Waals surface area contributed by atoms with Gasteiger partial charge in [0.25, 0.3) is 5.91 Å². The minimum atomic E-state index is -1.01. The molecule has 1 amide bonds. The normalized spacial score (nSPS) is 10.1. The summed E-state index contributed by atoms with van der Waals surface area (Å²) in [6, 6.07) is 11.7. The van der Waals surface area contributed by atoms with Gasteiger partial charge in [0, 0.05) is 10.0 Å². The first-order valence-electron chi connectivity index (χ1n) is 5.88. The van der Waals surface area contributed by atoms with Gasteiger partial charge in [-0.3, -0.25) is 4.79 Å². The third kappa shape index (κ3) is 3.24. The molecule has 2 N–H and O–H groups in total. The van der Waals surface area contributed by atoms with Crippen LogP contribution in [0.15, 0.2) is 46.9 Å². The average Bonchev–Trinajstić information content (AvgIpc) is 2.40. The van der Waals surface area contributed by atoms with Crippen LogP contribution in [0.1, 0.15) is 26.3 Å². The lowest BCUT2D eigenvalue weighted by Gasteiger charge is -2.08. The molecule has 0 aliphatic heterocycles. The predicted molar refractivity (Wildman–Crippen MR) is 80.2 cm³/mol. The second-order valence-corrected chi connectivity index (χ2v) is 5.18. The lowest BCUT2D eigenvalue weighted by Crippen LogP contribution is -2.12. The summed E-state index contributed by atoms with van der Waals surface area (Å²) in [6.45, 7) is 1.91. The smallest absolute Gasteiger partial charge is 0.335 e. The van der Waals surface area contributed by atoms with Crippen LogP contribution in [0.3, 0.4) is 0 Å². The average molecular weight is 334 g/mol. The standard InChI is InChI=1S/C15H12BrNO3/c1-9-3-2-4-10(7-9)14(18)17-13-6-5-11(15(19)20)8-12(13)16/h2-8H,1H3,(H,17,18)(H,19,20). The van der Waals surface area contributed by atoms with E-state index in [9.17, 15) is 9.59 Å². The minimum absolute atomic E-state index is 0.158. The van der Waals surface area contributed by atoms with Crippen molar-refractivity contribution in [3.05, 3.63) is 63.6 Å². The van der Waals surface area contributed by atoms with Gasteiger partial charge in [0.15, 0.2) is 0 Å². The third-order valence-corrected chi connectivity index (χ3v) is 3.40. The van der Waals surface area contributed by atoms with Gasteiger partial charge in [-0.2, -0.15) is 0 Å². The highest BCUT2D eigenvalue weighted by Crippen LogP contribution is 2.24. The number of anilines is 1. The molecular formula is C15H12BrNO3. The fraction of sp³-hybridized carbons (Fsp3) is 0.0667. The summed E-state index contributed by atoms with van der Waals surface area (Å²) < 4.78 is 0.526. The van der Waals surface area contributed by atoms with E-state index >= 15 is 0 Å². The number of hydrogen-bond donors (Lipinski definition) is 2. The van der Waals surface area contributed by atoms with Crippen molar-refractivity contribution in [2.45, 2.75) is 6.92 Å². The van der Waals surface area contributed by atoms with Gasteiger partial charge in [0.1, 0.15) is 0 Å². The van der Waals surface area contributed by atoms with Gasteiger partial charge in [-0.15, -0.1) is 0 Å². The zero-order chi connectivity index (χ0) is 14.7. The van der Waals surface area contributed by atoms with Crippen LogP contribution in [-0.2, 0) is 0 Å². The quantitative estimate of drug-likeness (QED) is 0.899. The summed E-state index contributed by atoms with van der Waals surface area (Å²) in [6.07, 6.45) is 0. The molecule has 0 spiro atoms. The number of aryl methyl sites for hydroxylation is 1. The molecule has 0 aliphatic carbocycles. The number of carboxylic acids is 1. The number of carboxylic acid groups (broad SMARTS) is 1. The van der Waals surface area contributed by atoms with E-state index < -0.39 is 5.97 Å². The SMILES string of the molecule is Cc1cccc(C(=O)Nc2ccc(C(=O)O)cc2Br)c1. The molecule has 0 heterocycles. The predicted octanol–water partition coefficient (Wildman–Crippen LogP) is 3.71. The fourth-order valence-electron chi connectivity index (χ4n) is 1.73. The Labute approximate surface area is 124 Å². The fourth-order valence-corrected chi connectivity index (χ4v) is 2.21. The number of rotatable bonds is 3. The molecule has 0 saturated carbocycles. The molecule has 0 fully saturated rings. The monoisotopic (exact) mass is 333 g/mol. The molecule has 0 atom stereocenters. The van der Waals surface area contributed by atoms with Crippen LogP contribution in [0.5, 0.6) is 0 Å². The number of amides is 1. The zero-order valence-corrected chi connectivity index (χ0v) is 12.3. The molecule has 102 valence electrons. The molecule has 0 aromatic heterocycles. The van der Waals surface area contributed by atoms with Crippen molar-refractivity contribution < 1.29 is 14.7 Å². The number of benzene rings is 2. The summed E-state index contributed by atoms with van der Waals surface area (Å²) in [4.78, 5) is 22.9. The van der Waals surface area contributed by atoms with Crippen LogP contribution in [-0.4, -0.2) is 17.0 Å². The Bertz CT molecular complexity index is 683. The Morgan fingerprint density at radius 3 is 2.45 bits per heavy atom. The molecule has 0 unspecified atom stereocenters. The Hall–Kier alpha value is -2.14. The van der Waals surface area contributed by atoms with Crippen molar-refractivity contribution in [3.8, 4) is 0 Å². The van der Waals surface area contributed by atoms with Gasteiger partial charge >= 0.3 is 5.97 Å². The van der Waals surface area contributed by atoms with Crippen LogP contribution < -0.4 is 5.32 Å². The maximum atomic E-state index is 12.1. The molecule has 0 saturated heterocycles. The maximum Gasteiger partial charge on any atom is 0.335 e. The van der Waals surface area contributed by atoms with Crippen LogP contribution in [0.4, 0.5) is 5.69 Å². The Balaban J connectivity index is 2.22. The summed E-state index contributed by atoms with van der Waals surface area (Å²) >= 11 is 3.25. The van der Waals surface area contributed by atoms with Crippen LogP contribution in [0.2, 0.25) is 0 Å². The lowest BCUT2D eigenvalue weighted by molar-refractivity contribution is 0.0696. The van der Waals surface area contributed by atoms with Gasteiger partial charge in [0.05, 0.1) is 11.3 Å². The molecule has 5 heteroatoms. The molecule has 0 radical (unpaired) electrons. The van der Waals surface area contributed by atoms with Crippen molar-refractivity contribution in [2.75, 3.05) is 5.32 Å². The number of carbonyl (C=O) groups excluding carboxylic acids is 1. The summed E-state index contributed by atoms with van der Waals surface area (Å²) in [7, 11) is 0. The molecule has 20 heavy (non-hydrogen) atoms. The van der Waals surface area contributed by atoms with E-state index in [-0.39, 0.29) is 11.5 Å². The number of halogens is 1. The lowest BCUT2D eigenvalue weighted by atomic mass is 10.1. The van der Waals surface area contributed by atoms with Gasteiger partial charge in [-0.05, 0) is 53.2 Å². The number of aromatic carboxylic acids is 1. The second-order valence-electron chi connectivity index (χ2n) is 4.32. The maximum absolute atomic E-state index is 12.1. The molecule has 2 aromatic carbocycles. The summed E-state index contributed by atoms with van der Waals surface area (Å²) in [5.41, 5.74) is 2.24. The Morgan fingerprint density at radius 2 is 1.85 bits per heavy atom. The van der Waals surface area contributed by atoms with Gasteiger partial charge < -0.3 is 10.4 Å². The first-order chi connectivity index (χ1) is 9.47. The minimum Gasteiger partial charge on any atom is -0.478 e. The number of hydrogen-bond acceptors (Lipinski definition) is 2. The number of carbonyl (C=O) groups is 2. The Kier molecular flexibility index (Phi) is 4.20. The molecule has 2 aromatic rings. The molecular weight excluding hydrogens is 322 g/mol. The first kappa shape index (κ1) is 14.3. The van der Waals surface area contributed by atoms with Crippen molar-refractivity contribution in [2.24, 2.45) is 0 Å². The molecule has 0 bridgehead atoms. The Morgan fingerprint density at radius 1 is 1.10 bits per heavy atom. The number of nitrogens with one attached hydrogen (secondary N) is 1. The van der Waals surface area contributed by atoms with E-state index in [1.165, 1.54) is 12.1 Å². The van der Waals surface area contributed by atoms with Crippen LogP contribution in [0.25, 0.3) is 0 Å². The highest BCUT2D eigenvalue weighted by atomic mass is 79.9. The topological polar surface area (TPSA) is 66.4 Å². The first-order valence-corrected chi connectivity index (χ1v) is 6.67. The third-order valence-electron chi connectivity index (χ3n) is 2.74. The van der Waals surface area contributed by atoms with Crippen molar-refractivity contribution in [3.63, 3.8) is 0 Å². The van der Waals surface area contributed by atoms with E-state index in [1.54, 1.807) is 18.2 Å². The second kappa shape index (κ2) is 5.88. The van der Waals surface area contributed by atoms with Crippen LogP contribution in [0, 0.1) is 6.92 Å². The molecule has 2 rings (SSSR count). The van der Waals surface area contributed by atoms with Crippen molar-refractivity contribution in [1.29, 1.82) is 0 Å². The van der Waals surface area contributed by atoms with Crippen LogP contribution >= 0.6 is 15.9 Å². The van der Waals surface area contributed by atoms with E-state index in [4.69, 9.17) is 5.11 Å². The van der Waals surface area contributed by atoms with E-state index in [1.807, 2.05) is 19.1 Å². The van der Waals surface area contributed by atoms with Gasteiger partial charge in [0.2, 0.25) is 0 Å². The highest BCUT2D eigenvalue weighted by molar-refractivity contribution is 9.10. The largest absolute Gasteiger partial charge is 0.478 e. The summed E-state index contributed by atoms with van der Waals surface area (Å²) in [5, 5.41) is 11.6. The van der Waals surface area contributed by atoms with Crippen molar-refractivity contribution in [1.82, 2.24) is 0 Å². The van der Waals surface area contributed by atoms with E-state index in [0.29, 0.717) is 15.7 Å². The van der Waals surface area contributed by atoms with Crippen molar-refractivity contribution >= 4 is 33.5 Å². The highest BCUT2D eigenvalue weighted by Gasteiger charge is 2.10. The van der Waals surface area contributed by atoms with E-state index in [2.05, 4.69) is 21.2 Å². The zero-order valence-electron chi connectivity index (χ0n) is 10.7. The molecule has 4 nitrogen and oxygen atoms in total.